The molecule has 4 rings (SSSR count). The number of hydrogen-bond acceptors (Lipinski definition) is 5. The van der Waals surface area contributed by atoms with Crippen molar-refractivity contribution in [1.29, 1.82) is 0 Å². The molecule has 1 aromatic heterocycles. The third-order valence-electron chi connectivity index (χ3n) is 3.83. The summed E-state index contributed by atoms with van der Waals surface area (Å²) in [6, 6.07) is 5.86. The van der Waals surface area contributed by atoms with Crippen LogP contribution in [0.25, 0.3) is 0 Å². The summed E-state index contributed by atoms with van der Waals surface area (Å²) in [7, 11) is 0. The van der Waals surface area contributed by atoms with Crippen molar-refractivity contribution in [2.75, 3.05) is 19.7 Å². The number of nitrogens with one attached hydrogen (secondary N) is 1. The average Bonchev–Trinajstić information content (AvgIpc) is 3.03. The minimum absolute atomic E-state index is 0.0850. The van der Waals surface area contributed by atoms with Gasteiger partial charge in [0.05, 0.1) is 18.8 Å². The van der Waals surface area contributed by atoms with Crippen LogP contribution in [-0.2, 0) is 6.42 Å². The Labute approximate surface area is 115 Å². The van der Waals surface area contributed by atoms with Gasteiger partial charge >= 0.3 is 0 Å². The molecule has 0 saturated carbocycles. The predicted octanol–water partition coefficient (Wildman–Crippen LogP) is 0.588. The van der Waals surface area contributed by atoms with Crippen LogP contribution in [0.2, 0.25) is 0 Å². The van der Waals surface area contributed by atoms with Crippen LogP contribution in [0, 0.1) is 0 Å². The molecule has 6 nitrogen and oxygen atoms in total. The lowest BCUT2D eigenvalue weighted by Crippen LogP contribution is -2.43. The minimum atomic E-state index is -0.0850. The molecule has 1 N–H and O–H groups in total. The van der Waals surface area contributed by atoms with E-state index in [1.807, 2.05) is 12.1 Å². The van der Waals surface area contributed by atoms with Crippen molar-refractivity contribution >= 4 is 5.78 Å². The predicted molar refractivity (Wildman–Crippen MR) is 71.0 cm³/mol. The molecule has 1 saturated heterocycles. The van der Waals surface area contributed by atoms with E-state index in [-0.39, 0.29) is 5.78 Å². The lowest BCUT2D eigenvalue weighted by atomic mass is 10.0. The Hall–Kier alpha value is -2.21. The van der Waals surface area contributed by atoms with E-state index in [0.29, 0.717) is 23.9 Å². The minimum Gasteiger partial charge on any atom is -0.493 e. The van der Waals surface area contributed by atoms with Crippen LogP contribution in [0.1, 0.15) is 27.7 Å². The summed E-state index contributed by atoms with van der Waals surface area (Å²) >= 11 is 0. The molecule has 1 aromatic carbocycles. The second-order valence-electron chi connectivity index (χ2n) is 5.15. The molecule has 2 aliphatic heterocycles. The van der Waals surface area contributed by atoms with Gasteiger partial charge in [-0.25, -0.2) is 4.68 Å². The molecule has 0 spiro atoms. The first-order valence-electron chi connectivity index (χ1n) is 6.74. The van der Waals surface area contributed by atoms with Crippen LogP contribution < -0.4 is 10.1 Å². The highest BCUT2D eigenvalue weighted by molar-refractivity contribution is 6.07. The molecule has 0 unspecified atom stereocenters. The molecule has 2 aromatic rings. The molecule has 0 bridgehead atoms. The summed E-state index contributed by atoms with van der Waals surface area (Å²) in [6.07, 6.45) is 2.59. The number of ketones is 1. The van der Waals surface area contributed by atoms with Crippen LogP contribution in [0.4, 0.5) is 0 Å². The molecule has 3 heterocycles. The molecule has 0 aliphatic carbocycles. The highest BCUT2D eigenvalue weighted by atomic mass is 16.5. The van der Waals surface area contributed by atoms with Gasteiger partial charge < -0.3 is 10.1 Å². The Balaban J connectivity index is 1.61. The van der Waals surface area contributed by atoms with Gasteiger partial charge in [0.25, 0.3) is 0 Å². The largest absolute Gasteiger partial charge is 0.493 e. The second-order valence-corrected chi connectivity index (χ2v) is 5.15. The third-order valence-corrected chi connectivity index (χ3v) is 3.83. The lowest BCUT2D eigenvalue weighted by molar-refractivity contribution is 0.103. The van der Waals surface area contributed by atoms with E-state index in [0.717, 1.165) is 30.8 Å². The average molecular weight is 270 g/mol. The number of carbonyl (C=O) groups is 1. The van der Waals surface area contributed by atoms with E-state index in [9.17, 15) is 4.79 Å². The zero-order valence-electron chi connectivity index (χ0n) is 10.9. The van der Waals surface area contributed by atoms with Crippen LogP contribution in [0.15, 0.2) is 24.4 Å². The molecule has 1 fully saturated rings. The van der Waals surface area contributed by atoms with E-state index in [4.69, 9.17) is 4.74 Å². The van der Waals surface area contributed by atoms with Gasteiger partial charge in [0.1, 0.15) is 5.75 Å². The zero-order chi connectivity index (χ0) is 13.5. The fraction of sp³-hybridized carbons (Fsp3) is 0.357. The van der Waals surface area contributed by atoms with Gasteiger partial charge in [-0.1, -0.05) is 5.21 Å². The molecule has 0 atom stereocenters. The number of carbonyl (C=O) groups excluding carboxylic acids is 1. The molecule has 20 heavy (non-hydrogen) atoms. The molecule has 6 heteroatoms. The summed E-state index contributed by atoms with van der Waals surface area (Å²) in [5.41, 5.74) is 2.13. The third kappa shape index (κ3) is 1.80. The van der Waals surface area contributed by atoms with E-state index >= 15 is 0 Å². The smallest absolute Gasteiger partial charge is 0.214 e. The lowest BCUT2D eigenvalue weighted by Gasteiger charge is -2.26. The molecular formula is C14H14N4O2. The van der Waals surface area contributed by atoms with Crippen molar-refractivity contribution in [3.63, 3.8) is 0 Å². The number of ether oxygens (including phenoxy) is 1. The fourth-order valence-corrected chi connectivity index (χ4v) is 2.50. The molecule has 0 amide bonds. The Morgan fingerprint density at radius 3 is 3.10 bits per heavy atom. The monoisotopic (exact) mass is 270 g/mol. The maximum Gasteiger partial charge on any atom is 0.214 e. The topological polar surface area (TPSA) is 69.0 Å². The van der Waals surface area contributed by atoms with Gasteiger partial charge in [-0.05, 0) is 23.8 Å². The van der Waals surface area contributed by atoms with E-state index in [1.54, 1.807) is 16.9 Å². The maximum absolute atomic E-state index is 12.4. The summed E-state index contributed by atoms with van der Waals surface area (Å²) in [4.78, 5) is 12.4. The van der Waals surface area contributed by atoms with Gasteiger partial charge in [-0.2, -0.15) is 0 Å². The van der Waals surface area contributed by atoms with Crippen molar-refractivity contribution in [1.82, 2.24) is 20.3 Å². The Bertz CT molecular complexity index is 676. The SMILES string of the molecule is O=C(c1ccc2c(c1)CCO2)c1cn(C2CNC2)nn1. The van der Waals surface area contributed by atoms with Crippen molar-refractivity contribution in [2.45, 2.75) is 12.5 Å². The number of benzene rings is 1. The number of fused-ring (bicyclic) bond motifs is 1. The van der Waals surface area contributed by atoms with Gasteiger partial charge in [0.15, 0.2) is 5.69 Å². The first kappa shape index (κ1) is 11.6. The van der Waals surface area contributed by atoms with Gasteiger partial charge in [-0.3, -0.25) is 4.79 Å². The van der Waals surface area contributed by atoms with Crippen molar-refractivity contribution in [2.24, 2.45) is 0 Å². The number of nitrogens with zero attached hydrogens (tertiary/aromatic N) is 3. The highest BCUT2D eigenvalue weighted by Crippen LogP contribution is 2.26. The second kappa shape index (κ2) is 4.42. The standard InChI is InChI=1S/C14H14N4O2/c19-14(10-1-2-13-9(5-10)3-4-20-13)12-8-18(17-16-12)11-6-15-7-11/h1-2,5,8,11,15H,3-4,6-7H2. The first-order chi connectivity index (χ1) is 9.81. The number of rotatable bonds is 3. The van der Waals surface area contributed by atoms with Gasteiger partial charge in [-0.15, -0.1) is 5.10 Å². The fourth-order valence-electron chi connectivity index (χ4n) is 2.50. The quantitative estimate of drug-likeness (QED) is 0.827. The molecule has 102 valence electrons. The van der Waals surface area contributed by atoms with Crippen molar-refractivity contribution in [3.05, 3.63) is 41.2 Å². The first-order valence-corrected chi connectivity index (χ1v) is 6.74. The molecule has 0 radical (unpaired) electrons. The summed E-state index contributed by atoms with van der Waals surface area (Å²) in [6.45, 7) is 2.46. The Morgan fingerprint density at radius 2 is 2.30 bits per heavy atom. The van der Waals surface area contributed by atoms with Crippen LogP contribution in [0.5, 0.6) is 5.75 Å². The van der Waals surface area contributed by atoms with Crippen LogP contribution in [0.3, 0.4) is 0 Å². The number of hydrogen-bond donors (Lipinski definition) is 1. The highest BCUT2D eigenvalue weighted by Gasteiger charge is 2.23. The molecular weight excluding hydrogens is 256 g/mol. The Morgan fingerprint density at radius 1 is 1.40 bits per heavy atom. The van der Waals surface area contributed by atoms with Crippen molar-refractivity contribution < 1.29 is 9.53 Å². The van der Waals surface area contributed by atoms with E-state index in [1.165, 1.54) is 0 Å². The van der Waals surface area contributed by atoms with E-state index < -0.39 is 0 Å². The summed E-state index contributed by atoms with van der Waals surface area (Å²) < 4.78 is 7.21. The van der Waals surface area contributed by atoms with E-state index in [2.05, 4.69) is 15.6 Å². The van der Waals surface area contributed by atoms with Crippen LogP contribution in [-0.4, -0.2) is 40.5 Å². The van der Waals surface area contributed by atoms with Gasteiger partial charge in [0.2, 0.25) is 5.78 Å². The normalized spacial score (nSPS) is 17.4. The van der Waals surface area contributed by atoms with Gasteiger partial charge in [0, 0.05) is 25.1 Å². The maximum atomic E-state index is 12.4. The summed E-state index contributed by atoms with van der Waals surface area (Å²) in [5, 5.41) is 11.2. The van der Waals surface area contributed by atoms with Crippen LogP contribution >= 0.6 is 0 Å². The summed E-state index contributed by atoms with van der Waals surface area (Å²) in [5.74, 6) is 0.795. The number of aromatic nitrogens is 3. The Kier molecular flexibility index (Phi) is 2.56. The van der Waals surface area contributed by atoms with Crippen molar-refractivity contribution in [3.8, 4) is 5.75 Å². The zero-order valence-corrected chi connectivity index (χ0v) is 10.9. The molecule has 2 aliphatic rings.